The Balaban J connectivity index is 1.63. The van der Waals surface area contributed by atoms with Gasteiger partial charge in [-0.2, -0.15) is 0 Å². The van der Waals surface area contributed by atoms with Gasteiger partial charge in [0.1, 0.15) is 0 Å². The van der Waals surface area contributed by atoms with Gasteiger partial charge in [-0.1, -0.05) is 70.5 Å². The summed E-state index contributed by atoms with van der Waals surface area (Å²) in [6, 6.07) is 25.9. The van der Waals surface area contributed by atoms with E-state index in [0.717, 1.165) is 16.8 Å². The summed E-state index contributed by atoms with van der Waals surface area (Å²) < 4.78 is 3.50. The Morgan fingerprint density at radius 2 is 1.62 bits per heavy atom. The van der Waals surface area contributed by atoms with Crippen LogP contribution >= 0.6 is 27.7 Å². The van der Waals surface area contributed by atoms with Crippen LogP contribution in [0.3, 0.4) is 0 Å². The van der Waals surface area contributed by atoms with Gasteiger partial charge in [-0.3, -0.25) is 0 Å². The van der Waals surface area contributed by atoms with E-state index in [1.807, 2.05) is 11.8 Å². The Labute approximate surface area is 167 Å². The largest absolute Gasteiger partial charge is 0.342 e. The molecular formula is C23H20BrNS. The van der Waals surface area contributed by atoms with E-state index < -0.39 is 0 Å². The Bertz CT molecular complexity index is 1030. The van der Waals surface area contributed by atoms with Gasteiger partial charge in [-0.05, 0) is 41.8 Å². The maximum Gasteiger partial charge on any atom is 0.0495 e. The van der Waals surface area contributed by atoms with Crippen LogP contribution in [0.4, 0.5) is 0 Å². The highest BCUT2D eigenvalue weighted by molar-refractivity contribution is 9.10. The predicted octanol–water partition coefficient (Wildman–Crippen LogP) is 7.05. The number of fused-ring (bicyclic) bond motifs is 1. The third-order valence-electron chi connectivity index (χ3n) is 4.66. The fraction of sp³-hybridized carbons (Fsp3) is 0.130. The number of aromatic nitrogens is 1. The van der Waals surface area contributed by atoms with Crippen molar-refractivity contribution in [3.05, 3.63) is 100 Å². The van der Waals surface area contributed by atoms with E-state index in [0.29, 0.717) is 0 Å². The number of para-hydroxylation sites is 1. The number of hydrogen-bond acceptors (Lipinski definition) is 1. The highest BCUT2D eigenvalue weighted by atomic mass is 79.9. The quantitative estimate of drug-likeness (QED) is 0.312. The summed E-state index contributed by atoms with van der Waals surface area (Å²) in [5.74, 6) is 0.978. The maximum absolute atomic E-state index is 3.50. The van der Waals surface area contributed by atoms with Crippen molar-refractivity contribution < 1.29 is 0 Å². The van der Waals surface area contributed by atoms with Crippen LogP contribution in [-0.4, -0.2) is 4.57 Å². The first kappa shape index (κ1) is 17.4. The van der Waals surface area contributed by atoms with Gasteiger partial charge in [0.2, 0.25) is 0 Å². The third kappa shape index (κ3) is 3.74. The minimum atomic E-state index is 0.909. The molecule has 3 aromatic carbocycles. The molecule has 0 unspecified atom stereocenters. The lowest BCUT2D eigenvalue weighted by atomic mass is 10.1. The van der Waals surface area contributed by atoms with E-state index in [1.165, 1.54) is 32.5 Å². The number of nitrogens with zero attached hydrogens (tertiary/aromatic N) is 1. The second kappa shape index (κ2) is 7.73. The highest BCUT2D eigenvalue weighted by Gasteiger charge is 2.10. The Kier molecular flexibility index (Phi) is 5.18. The summed E-state index contributed by atoms with van der Waals surface area (Å²) in [6.07, 6.45) is 2.31. The van der Waals surface area contributed by atoms with Crippen LogP contribution in [-0.2, 0) is 12.3 Å². The molecule has 4 rings (SSSR count). The van der Waals surface area contributed by atoms with Gasteiger partial charge in [-0.15, -0.1) is 11.8 Å². The van der Waals surface area contributed by atoms with Gasteiger partial charge in [0, 0.05) is 38.8 Å². The van der Waals surface area contributed by atoms with Crippen LogP contribution in [0.2, 0.25) is 0 Å². The molecule has 0 saturated carbocycles. The number of rotatable bonds is 5. The molecule has 0 amide bonds. The third-order valence-corrected chi connectivity index (χ3v) is 6.30. The van der Waals surface area contributed by atoms with Crippen molar-refractivity contribution in [2.45, 2.75) is 24.1 Å². The second-order valence-electron chi connectivity index (χ2n) is 6.48. The van der Waals surface area contributed by atoms with Crippen molar-refractivity contribution in [1.29, 1.82) is 0 Å². The summed E-state index contributed by atoms with van der Waals surface area (Å²) >= 11 is 5.41. The first-order valence-corrected chi connectivity index (χ1v) is 10.5. The van der Waals surface area contributed by atoms with Gasteiger partial charge in [-0.25, -0.2) is 0 Å². The smallest absolute Gasteiger partial charge is 0.0495 e. The Hall–Kier alpha value is -1.97. The van der Waals surface area contributed by atoms with Crippen LogP contribution in [0.15, 0.2) is 88.4 Å². The molecule has 26 heavy (non-hydrogen) atoms. The highest BCUT2D eigenvalue weighted by Crippen LogP contribution is 2.33. The van der Waals surface area contributed by atoms with Gasteiger partial charge in [0.05, 0.1) is 0 Å². The molecule has 0 N–H and O–H groups in total. The molecule has 0 fully saturated rings. The first-order chi connectivity index (χ1) is 12.7. The number of thioether (sulfide) groups is 1. The van der Waals surface area contributed by atoms with E-state index in [4.69, 9.17) is 0 Å². The molecule has 0 spiro atoms. The molecule has 0 aliphatic carbocycles. The zero-order valence-corrected chi connectivity index (χ0v) is 17.1. The second-order valence-corrected chi connectivity index (χ2v) is 8.41. The normalized spacial score (nSPS) is 11.2. The zero-order valence-electron chi connectivity index (χ0n) is 14.7. The first-order valence-electron chi connectivity index (χ1n) is 8.70. The average Bonchev–Trinajstić information content (AvgIpc) is 3.01. The topological polar surface area (TPSA) is 4.93 Å². The van der Waals surface area contributed by atoms with Crippen molar-refractivity contribution >= 4 is 38.6 Å². The van der Waals surface area contributed by atoms with Gasteiger partial charge in [0.25, 0.3) is 0 Å². The van der Waals surface area contributed by atoms with Crippen LogP contribution in [0.25, 0.3) is 10.9 Å². The van der Waals surface area contributed by atoms with Crippen LogP contribution in [0.5, 0.6) is 0 Å². The standard InChI is InChI=1S/C23H20BrNS/c1-17-6-2-3-7-19(17)14-25-15-23(21-8-4-5-9-22(21)25)26-16-18-10-12-20(24)13-11-18/h2-13,15H,14,16H2,1H3. The van der Waals surface area contributed by atoms with Gasteiger partial charge >= 0.3 is 0 Å². The molecule has 4 aromatic rings. The molecule has 0 radical (unpaired) electrons. The number of aryl methyl sites for hydroxylation is 1. The Morgan fingerprint density at radius 3 is 2.42 bits per heavy atom. The molecule has 0 aliphatic rings. The maximum atomic E-state index is 3.50. The molecule has 1 nitrogen and oxygen atoms in total. The van der Waals surface area contributed by atoms with Gasteiger partial charge < -0.3 is 4.57 Å². The molecule has 130 valence electrons. The number of hydrogen-bond donors (Lipinski definition) is 0. The molecule has 3 heteroatoms. The summed E-state index contributed by atoms with van der Waals surface area (Å²) in [5.41, 5.74) is 5.36. The monoisotopic (exact) mass is 421 g/mol. The molecule has 0 bridgehead atoms. The van der Waals surface area contributed by atoms with Crippen LogP contribution < -0.4 is 0 Å². The summed E-state index contributed by atoms with van der Waals surface area (Å²) in [7, 11) is 0. The van der Waals surface area contributed by atoms with Crippen molar-refractivity contribution in [3.63, 3.8) is 0 Å². The van der Waals surface area contributed by atoms with E-state index in [1.54, 1.807) is 0 Å². The van der Waals surface area contributed by atoms with Crippen molar-refractivity contribution in [3.8, 4) is 0 Å². The lowest BCUT2D eigenvalue weighted by molar-refractivity contribution is 0.824. The SMILES string of the molecule is Cc1ccccc1Cn1cc(SCc2ccc(Br)cc2)c2ccccc21. The van der Waals surface area contributed by atoms with Crippen molar-refractivity contribution in [2.24, 2.45) is 0 Å². The molecular weight excluding hydrogens is 402 g/mol. The van der Waals surface area contributed by atoms with Crippen LogP contribution in [0.1, 0.15) is 16.7 Å². The summed E-state index contributed by atoms with van der Waals surface area (Å²) in [5, 5.41) is 1.34. The molecule has 1 heterocycles. The number of benzene rings is 3. The molecule has 0 aliphatic heterocycles. The van der Waals surface area contributed by atoms with Gasteiger partial charge in [0.15, 0.2) is 0 Å². The minimum Gasteiger partial charge on any atom is -0.342 e. The number of halogens is 1. The molecule has 0 atom stereocenters. The lowest BCUT2D eigenvalue weighted by Crippen LogP contribution is -1.99. The molecule has 1 aromatic heterocycles. The Morgan fingerprint density at radius 1 is 0.885 bits per heavy atom. The average molecular weight is 422 g/mol. The fourth-order valence-corrected chi connectivity index (χ4v) is 4.48. The van der Waals surface area contributed by atoms with Crippen LogP contribution in [0, 0.1) is 6.92 Å². The molecule has 0 saturated heterocycles. The van der Waals surface area contributed by atoms with Crippen molar-refractivity contribution in [2.75, 3.05) is 0 Å². The lowest BCUT2D eigenvalue weighted by Gasteiger charge is -2.08. The van der Waals surface area contributed by atoms with E-state index in [9.17, 15) is 0 Å². The predicted molar refractivity (Wildman–Crippen MR) is 116 cm³/mol. The summed E-state index contributed by atoms with van der Waals surface area (Å²) in [6.45, 7) is 3.09. The summed E-state index contributed by atoms with van der Waals surface area (Å²) in [4.78, 5) is 1.34. The fourth-order valence-electron chi connectivity index (χ4n) is 3.17. The van der Waals surface area contributed by atoms with Crippen molar-refractivity contribution in [1.82, 2.24) is 4.57 Å². The zero-order chi connectivity index (χ0) is 17.9. The van der Waals surface area contributed by atoms with E-state index >= 15 is 0 Å². The minimum absolute atomic E-state index is 0.909. The van der Waals surface area contributed by atoms with E-state index in [-0.39, 0.29) is 0 Å². The van der Waals surface area contributed by atoms with E-state index in [2.05, 4.69) is 106 Å².